The van der Waals surface area contributed by atoms with Crippen LogP contribution in [0.15, 0.2) is 29.6 Å². The highest BCUT2D eigenvalue weighted by molar-refractivity contribution is 7.98. The summed E-state index contributed by atoms with van der Waals surface area (Å²) in [6.45, 7) is 3.76. The van der Waals surface area contributed by atoms with Crippen LogP contribution in [0, 0.1) is 25.2 Å². The average molecular weight is 256 g/mol. The number of hydrogen-bond acceptors (Lipinski definition) is 5. The van der Waals surface area contributed by atoms with Gasteiger partial charge in [0, 0.05) is 18.1 Å². The van der Waals surface area contributed by atoms with Crippen LogP contribution in [0.1, 0.15) is 22.4 Å². The summed E-state index contributed by atoms with van der Waals surface area (Å²) >= 11 is 1.52. The second-order valence-corrected chi connectivity index (χ2v) is 4.81. The lowest BCUT2D eigenvalue weighted by atomic mass is 10.1. The van der Waals surface area contributed by atoms with E-state index in [-0.39, 0.29) is 0 Å². The minimum absolute atomic E-state index is 0.626. The van der Waals surface area contributed by atoms with Gasteiger partial charge in [-0.25, -0.2) is 0 Å². The van der Waals surface area contributed by atoms with Crippen molar-refractivity contribution in [2.75, 3.05) is 0 Å². The zero-order chi connectivity index (χ0) is 13.0. The zero-order valence-electron chi connectivity index (χ0n) is 10.2. The molecule has 2 aromatic heterocycles. The number of aryl methyl sites for hydroxylation is 1. The number of pyridine rings is 1. The van der Waals surface area contributed by atoms with Gasteiger partial charge in [0.25, 0.3) is 0 Å². The van der Waals surface area contributed by atoms with E-state index in [1.807, 2.05) is 26.0 Å². The Kier molecular flexibility index (Phi) is 3.90. The molecule has 0 unspecified atom stereocenters. The molecule has 0 aliphatic rings. The first kappa shape index (κ1) is 12.5. The number of nitriles is 1. The SMILES string of the molecule is Cc1nnc(SCc2ccncc2)c(C#N)c1C. The lowest BCUT2D eigenvalue weighted by molar-refractivity contribution is 0.871. The smallest absolute Gasteiger partial charge is 0.137 e. The van der Waals surface area contributed by atoms with Gasteiger partial charge in [-0.3, -0.25) is 4.98 Å². The van der Waals surface area contributed by atoms with Crippen molar-refractivity contribution in [3.8, 4) is 6.07 Å². The molecule has 0 saturated heterocycles. The van der Waals surface area contributed by atoms with E-state index in [2.05, 4.69) is 21.3 Å². The Morgan fingerprint density at radius 2 is 1.94 bits per heavy atom. The van der Waals surface area contributed by atoms with E-state index in [9.17, 15) is 5.26 Å². The minimum Gasteiger partial charge on any atom is -0.265 e. The van der Waals surface area contributed by atoms with Gasteiger partial charge in [0.1, 0.15) is 11.1 Å². The van der Waals surface area contributed by atoms with E-state index in [4.69, 9.17) is 0 Å². The standard InChI is InChI=1S/C13H12N4S/c1-9-10(2)16-17-13(12(9)7-14)18-8-11-3-5-15-6-4-11/h3-6H,8H2,1-2H3. The highest BCUT2D eigenvalue weighted by Gasteiger charge is 2.11. The van der Waals surface area contributed by atoms with E-state index in [0.29, 0.717) is 10.6 Å². The quantitative estimate of drug-likeness (QED) is 0.790. The predicted octanol–water partition coefficient (Wildman–Crippen LogP) is 2.65. The first-order valence-corrected chi connectivity index (χ1v) is 6.46. The molecular formula is C13H12N4S. The predicted molar refractivity (Wildman–Crippen MR) is 70.0 cm³/mol. The second-order valence-electron chi connectivity index (χ2n) is 3.85. The molecule has 0 bridgehead atoms. The molecule has 90 valence electrons. The molecule has 0 amide bonds. The summed E-state index contributed by atoms with van der Waals surface area (Å²) in [5.74, 6) is 0.758. The number of aromatic nitrogens is 3. The van der Waals surface area contributed by atoms with Crippen molar-refractivity contribution in [3.63, 3.8) is 0 Å². The van der Waals surface area contributed by atoms with Gasteiger partial charge in [-0.15, -0.1) is 5.10 Å². The minimum atomic E-state index is 0.626. The molecule has 0 spiro atoms. The highest BCUT2D eigenvalue weighted by Crippen LogP contribution is 2.25. The fourth-order valence-corrected chi connectivity index (χ4v) is 2.39. The van der Waals surface area contributed by atoms with E-state index in [1.165, 1.54) is 11.8 Å². The highest BCUT2D eigenvalue weighted by atomic mass is 32.2. The third-order valence-corrected chi connectivity index (χ3v) is 3.70. The lowest BCUT2D eigenvalue weighted by Gasteiger charge is -2.06. The summed E-state index contributed by atoms with van der Waals surface area (Å²) in [6, 6.07) is 6.11. The third-order valence-electron chi connectivity index (χ3n) is 2.66. The molecule has 5 heteroatoms. The van der Waals surface area contributed by atoms with Crippen LogP contribution < -0.4 is 0 Å². The third kappa shape index (κ3) is 2.66. The van der Waals surface area contributed by atoms with Gasteiger partial charge in [0.2, 0.25) is 0 Å². The van der Waals surface area contributed by atoms with Gasteiger partial charge in [0.05, 0.1) is 11.3 Å². The van der Waals surface area contributed by atoms with Crippen molar-refractivity contribution in [1.29, 1.82) is 5.26 Å². The summed E-state index contributed by atoms with van der Waals surface area (Å²) in [5.41, 5.74) is 3.49. The monoisotopic (exact) mass is 256 g/mol. The molecule has 18 heavy (non-hydrogen) atoms. The van der Waals surface area contributed by atoms with E-state index in [1.54, 1.807) is 12.4 Å². The van der Waals surface area contributed by atoms with Crippen LogP contribution >= 0.6 is 11.8 Å². The summed E-state index contributed by atoms with van der Waals surface area (Å²) in [5, 5.41) is 18.0. The molecule has 0 radical (unpaired) electrons. The molecule has 2 heterocycles. The van der Waals surface area contributed by atoms with Gasteiger partial charge >= 0.3 is 0 Å². The normalized spacial score (nSPS) is 10.1. The molecule has 4 nitrogen and oxygen atoms in total. The maximum absolute atomic E-state index is 9.18. The molecular weight excluding hydrogens is 244 g/mol. The molecule has 0 N–H and O–H groups in total. The number of hydrogen-bond donors (Lipinski definition) is 0. The Labute approximate surface area is 110 Å². The van der Waals surface area contributed by atoms with Gasteiger partial charge in [-0.2, -0.15) is 10.4 Å². The van der Waals surface area contributed by atoms with Crippen LogP contribution in [0.25, 0.3) is 0 Å². The first-order valence-electron chi connectivity index (χ1n) is 5.48. The van der Waals surface area contributed by atoms with Crippen molar-refractivity contribution in [3.05, 3.63) is 46.9 Å². The summed E-state index contributed by atoms with van der Waals surface area (Å²) in [7, 11) is 0. The van der Waals surface area contributed by atoms with Crippen molar-refractivity contribution in [2.45, 2.75) is 24.6 Å². The largest absolute Gasteiger partial charge is 0.265 e. The van der Waals surface area contributed by atoms with Gasteiger partial charge in [0.15, 0.2) is 0 Å². The van der Waals surface area contributed by atoms with Crippen LogP contribution in [-0.2, 0) is 5.75 Å². The Hall–Kier alpha value is -1.93. The number of thioether (sulfide) groups is 1. The molecule has 0 atom stereocenters. The fraction of sp³-hybridized carbons (Fsp3) is 0.231. The zero-order valence-corrected chi connectivity index (χ0v) is 11.0. The summed E-state index contributed by atoms with van der Waals surface area (Å²) < 4.78 is 0. The summed E-state index contributed by atoms with van der Waals surface area (Å²) in [4.78, 5) is 3.97. The Morgan fingerprint density at radius 1 is 1.22 bits per heavy atom. The van der Waals surface area contributed by atoms with Crippen LogP contribution in [0.4, 0.5) is 0 Å². The van der Waals surface area contributed by atoms with Crippen molar-refractivity contribution in [2.24, 2.45) is 0 Å². The van der Waals surface area contributed by atoms with Crippen LogP contribution in [0.2, 0.25) is 0 Å². The Bertz CT molecular complexity index is 590. The van der Waals surface area contributed by atoms with Crippen LogP contribution in [-0.4, -0.2) is 15.2 Å². The molecule has 0 aromatic carbocycles. The molecule has 2 rings (SSSR count). The molecule has 0 saturated carbocycles. The maximum Gasteiger partial charge on any atom is 0.137 e. The second kappa shape index (κ2) is 5.61. The van der Waals surface area contributed by atoms with Crippen LogP contribution in [0.5, 0.6) is 0 Å². The number of nitrogens with zero attached hydrogens (tertiary/aromatic N) is 4. The van der Waals surface area contributed by atoms with E-state index < -0.39 is 0 Å². The van der Waals surface area contributed by atoms with E-state index in [0.717, 1.165) is 22.6 Å². The fourth-order valence-electron chi connectivity index (χ4n) is 1.45. The molecule has 0 fully saturated rings. The molecule has 2 aromatic rings. The van der Waals surface area contributed by atoms with Gasteiger partial charge in [-0.1, -0.05) is 11.8 Å². The van der Waals surface area contributed by atoms with E-state index >= 15 is 0 Å². The molecule has 0 aliphatic carbocycles. The van der Waals surface area contributed by atoms with Gasteiger partial charge in [-0.05, 0) is 37.1 Å². The molecule has 0 aliphatic heterocycles. The van der Waals surface area contributed by atoms with Crippen molar-refractivity contribution >= 4 is 11.8 Å². The Morgan fingerprint density at radius 3 is 2.61 bits per heavy atom. The number of rotatable bonds is 3. The topological polar surface area (TPSA) is 62.5 Å². The lowest BCUT2D eigenvalue weighted by Crippen LogP contribution is -1.99. The maximum atomic E-state index is 9.18. The van der Waals surface area contributed by atoms with Crippen molar-refractivity contribution in [1.82, 2.24) is 15.2 Å². The first-order chi connectivity index (χ1) is 8.72. The van der Waals surface area contributed by atoms with Crippen molar-refractivity contribution < 1.29 is 0 Å². The van der Waals surface area contributed by atoms with Gasteiger partial charge < -0.3 is 0 Å². The average Bonchev–Trinajstić information content (AvgIpc) is 2.41. The Balaban J connectivity index is 2.21. The van der Waals surface area contributed by atoms with Crippen LogP contribution in [0.3, 0.4) is 0 Å². The summed E-state index contributed by atoms with van der Waals surface area (Å²) in [6.07, 6.45) is 3.51.